The van der Waals surface area contributed by atoms with Crippen molar-refractivity contribution in [3.05, 3.63) is 52.5 Å². The summed E-state index contributed by atoms with van der Waals surface area (Å²) in [5.41, 5.74) is 7.90. The summed E-state index contributed by atoms with van der Waals surface area (Å²) >= 11 is 3.32. The summed E-state index contributed by atoms with van der Waals surface area (Å²) < 4.78 is 0.929. The lowest BCUT2D eigenvalue weighted by Crippen LogP contribution is -2.26. The van der Waals surface area contributed by atoms with Crippen LogP contribution in [-0.4, -0.2) is 10.8 Å². The number of hydrogen-bond donors (Lipinski definition) is 2. The van der Waals surface area contributed by atoms with Crippen molar-refractivity contribution in [2.24, 2.45) is 10.7 Å². The number of pyridine rings is 1. The Kier molecular flexibility index (Phi) is 6.89. The maximum atomic E-state index is 5.95. The van der Waals surface area contributed by atoms with E-state index < -0.39 is 0 Å². The summed E-state index contributed by atoms with van der Waals surface area (Å²) in [6, 6.07) is 3.92. The highest BCUT2D eigenvalue weighted by Gasteiger charge is 2.01. The minimum atomic E-state index is 0.476. The van der Waals surface area contributed by atoms with Crippen LogP contribution in [0.2, 0.25) is 0 Å². The van der Waals surface area contributed by atoms with Gasteiger partial charge in [-0.1, -0.05) is 35.0 Å². The molecule has 19 heavy (non-hydrogen) atoms. The van der Waals surface area contributed by atoms with Gasteiger partial charge in [0.15, 0.2) is 0 Å². The second-order valence-electron chi connectivity index (χ2n) is 3.97. The number of halogens is 1. The Balaban J connectivity index is 2.71. The van der Waals surface area contributed by atoms with Crippen LogP contribution in [0, 0.1) is 0 Å². The van der Waals surface area contributed by atoms with Gasteiger partial charge in [0.25, 0.3) is 0 Å². The number of nitrogens with two attached hydrogens (primary N) is 1. The number of aromatic nitrogens is 1. The Bertz CT molecular complexity index is 473. The average molecular weight is 323 g/mol. The Hall–Kier alpha value is -1.62. The van der Waals surface area contributed by atoms with Crippen LogP contribution in [0.5, 0.6) is 0 Å². The van der Waals surface area contributed by atoms with Crippen LogP contribution < -0.4 is 11.1 Å². The number of aliphatic imine (C=N–C) groups is 1. The Morgan fingerprint density at radius 3 is 2.95 bits per heavy atom. The first-order valence-electron chi connectivity index (χ1n) is 6.12. The third-order valence-electron chi connectivity index (χ3n) is 2.27. The van der Waals surface area contributed by atoms with E-state index in [0.29, 0.717) is 12.4 Å². The lowest BCUT2D eigenvalue weighted by Gasteiger charge is -2.10. The van der Waals surface area contributed by atoms with Crippen LogP contribution >= 0.6 is 15.9 Å². The molecule has 0 aliphatic rings. The molecule has 0 aliphatic heterocycles. The van der Waals surface area contributed by atoms with E-state index in [-0.39, 0.29) is 0 Å². The van der Waals surface area contributed by atoms with Crippen molar-refractivity contribution >= 4 is 21.8 Å². The van der Waals surface area contributed by atoms with Gasteiger partial charge in [-0.25, -0.2) is 4.99 Å². The molecule has 0 amide bonds. The van der Waals surface area contributed by atoms with E-state index in [0.717, 1.165) is 22.2 Å². The van der Waals surface area contributed by atoms with Gasteiger partial charge < -0.3 is 11.1 Å². The summed E-state index contributed by atoms with van der Waals surface area (Å²) in [7, 11) is 0. The van der Waals surface area contributed by atoms with Gasteiger partial charge in [0.05, 0.1) is 5.70 Å². The van der Waals surface area contributed by atoms with E-state index in [1.165, 1.54) is 0 Å². The molecule has 102 valence electrons. The Morgan fingerprint density at radius 2 is 2.37 bits per heavy atom. The van der Waals surface area contributed by atoms with E-state index in [2.05, 4.69) is 38.1 Å². The molecule has 4 nitrogen and oxygen atoms in total. The highest BCUT2D eigenvalue weighted by Crippen LogP contribution is 2.03. The van der Waals surface area contributed by atoms with Gasteiger partial charge in [-0.05, 0) is 25.0 Å². The molecule has 0 aliphatic carbocycles. The molecule has 0 radical (unpaired) electrons. The summed E-state index contributed by atoms with van der Waals surface area (Å²) in [6.07, 6.45) is 8.18. The molecule has 0 saturated heterocycles. The van der Waals surface area contributed by atoms with Crippen molar-refractivity contribution in [1.82, 2.24) is 10.3 Å². The third kappa shape index (κ3) is 6.20. The SMILES string of the molecule is CC/C=C(NCc1cccnc1)/C(N)=N/C=C(\C)Br. The van der Waals surface area contributed by atoms with Gasteiger partial charge in [0.2, 0.25) is 0 Å². The van der Waals surface area contributed by atoms with Gasteiger partial charge in [-0.2, -0.15) is 0 Å². The molecule has 3 N–H and O–H groups in total. The number of allylic oxidation sites excluding steroid dienone is 2. The molecule has 0 saturated carbocycles. The lowest BCUT2D eigenvalue weighted by molar-refractivity contribution is 0.830. The second-order valence-corrected chi connectivity index (χ2v) is 5.22. The molecule has 0 fully saturated rings. The van der Waals surface area contributed by atoms with E-state index >= 15 is 0 Å². The van der Waals surface area contributed by atoms with Crippen molar-refractivity contribution in [2.45, 2.75) is 26.8 Å². The van der Waals surface area contributed by atoms with Crippen molar-refractivity contribution in [3.8, 4) is 0 Å². The minimum absolute atomic E-state index is 0.476. The van der Waals surface area contributed by atoms with Gasteiger partial charge in [0, 0.05) is 29.6 Å². The number of rotatable bonds is 6. The smallest absolute Gasteiger partial charge is 0.146 e. The Labute approximate surface area is 122 Å². The summed E-state index contributed by atoms with van der Waals surface area (Å²) in [4.78, 5) is 8.27. The molecule has 1 rings (SSSR count). The lowest BCUT2D eigenvalue weighted by atomic mass is 10.2. The second kappa shape index (κ2) is 8.48. The first-order valence-corrected chi connectivity index (χ1v) is 6.91. The molecule has 5 heteroatoms. The van der Waals surface area contributed by atoms with Crippen molar-refractivity contribution in [3.63, 3.8) is 0 Å². The molecule has 0 aromatic carbocycles. The molecule has 1 aromatic rings. The van der Waals surface area contributed by atoms with Crippen LogP contribution in [0.1, 0.15) is 25.8 Å². The fourth-order valence-electron chi connectivity index (χ4n) is 1.40. The van der Waals surface area contributed by atoms with Gasteiger partial charge in [0.1, 0.15) is 5.84 Å². The van der Waals surface area contributed by atoms with Gasteiger partial charge in [-0.15, -0.1) is 0 Å². The van der Waals surface area contributed by atoms with E-state index in [9.17, 15) is 0 Å². The number of nitrogens with one attached hydrogen (secondary N) is 1. The van der Waals surface area contributed by atoms with Gasteiger partial charge >= 0.3 is 0 Å². The van der Waals surface area contributed by atoms with E-state index in [4.69, 9.17) is 5.73 Å². The van der Waals surface area contributed by atoms with E-state index in [1.807, 2.05) is 31.3 Å². The zero-order valence-corrected chi connectivity index (χ0v) is 12.8. The molecular weight excluding hydrogens is 304 g/mol. The van der Waals surface area contributed by atoms with Crippen LogP contribution in [0.25, 0.3) is 0 Å². The number of nitrogens with zero attached hydrogens (tertiary/aromatic N) is 2. The monoisotopic (exact) mass is 322 g/mol. The van der Waals surface area contributed by atoms with Gasteiger partial charge in [-0.3, -0.25) is 4.98 Å². The van der Waals surface area contributed by atoms with Crippen molar-refractivity contribution in [2.75, 3.05) is 0 Å². The molecular formula is C14H19BrN4. The fraction of sp³-hybridized carbons (Fsp3) is 0.286. The molecule has 0 unspecified atom stereocenters. The van der Waals surface area contributed by atoms with Crippen molar-refractivity contribution in [1.29, 1.82) is 0 Å². The largest absolute Gasteiger partial charge is 0.382 e. The average Bonchev–Trinajstić information content (AvgIpc) is 2.42. The predicted molar refractivity (Wildman–Crippen MR) is 83.8 cm³/mol. The zero-order valence-electron chi connectivity index (χ0n) is 11.2. The predicted octanol–water partition coefficient (Wildman–Crippen LogP) is 3.08. The standard InChI is InChI=1S/C14H19BrN4/c1-3-5-13(14(16)19-8-11(2)15)18-10-12-6-4-7-17-9-12/h4-9,18H,3,10H2,1-2H3,(H2,16,19)/b11-8+,13-5-. The van der Waals surface area contributed by atoms with Crippen LogP contribution in [0.15, 0.2) is 52.0 Å². The fourth-order valence-corrected chi connectivity index (χ4v) is 1.50. The molecule has 0 spiro atoms. The molecule has 1 aromatic heterocycles. The van der Waals surface area contributed by atoms with Crippen LogP contribution in [-0.2, 0) is 6.54 Å². The number of hydrogen-bond acceptors (Lipinski definition) is 3. The Morgan fingerprint density at radius 1 is 1.58 bits per heavy atom. The molecule has 0 bridgehead atoms. The minimum Gasteiger partial charge on any atom is -0.382 e. The highest BCUT2D eigenvalue weighted by molar-refractivity contribution is 9.11. The molecule has 1 heterocycles. The summed E-state index contributed by atoms with van der Waals surface area (Å²) in [5.74, 6) is 0.476. The highest BCUT2D eigenvalue weighted by atomic mass is 79.9. The van der Waals surface area contributed by atoms with Crippen LogP contribution in [0.4, 0.5) is 0 Å². The number of amidine groups is 1. The quantitative estimate of drug-likeness (QED) is 0.625. The third-order valence-corrected chi connectivity index (χ3v) is 2.48. The first kappa shape index (κ1) is 15.4. The summed E-state index contributed by atoms with van der Waals surface area (Å²) in [5, 5.41) is 3.28. The summed E-state index contributed by atoms with van der Waals surface area (Å²) in [6.45, 7) is 4.64. The zero-order chi connectivity index (χ0) is 14.1. The maximum Gasteiger partial charge on any atom is 0.146 e. The normalized spacial score (nSPS) is 13.5. The maximum absolute atomic E-state index is 5.95. The topological polar surface area (TPSA) is 63.3 Å². The first-order chi connectivity index (χ1) is 9.13. The van der Waals surface area contributed by atoms with E-state index in [1.54, 1.807) is 12.4 Å². The molecule has 0 atom stereocenters. The van der Waals surface area contributed by atoms with Crippen LogP contribution in [0.3, 0.4) is 0 Å². The van der Waals surface area contributed by atoms with Crippen molar-refractivity contribution < 1.29 is 0 Å².